The first-order valence-corrected chi connectivity index (χ1v) is 11.5. The van der Waals surface area contributed by atoms with E-state index in [2.05, 4.69) is 15.9 Å². The molecule has 0 saturated carbocycles. The van der Waals surface area contributed by atoms with E-state index < -0.39 is 10.0 Å². The summed E-state index contributed by atoms with van der Waals surface area (Å²) in [4.78, 5) is 0.251. The highest BCUT2D eigenvalue weighted by Crippen LogP contribution is 2.41. The zero-order valence-electron chi connectivity index (χ0n) is 15.6. The standard InChI is InChI=1S/C20H22BrNO5S/c1-25-18-8-6-15(13-16(18)21)28(23,24)22-9-2-4-17(22)14-5-7-19-20(12-14)27-11-3-10-26-19/h5-8,12-13,17H,2-4,9-11H2,1H3/t17-/m0/s1. The Hall–Kier alpha value is -1.77. The largest absolute Gasteiger partial charge is 0.496 e. The maximum absolute atomic E-state index is 13.3. The molecule has 2 heterocycles. The molecule has 1 atom stereocenters. The van der Waals surface area contributed by atoms with Crippen molar-refractivity contribution in [1.29, 1.82) is 0 Å². The van der Waals surface area contributed by atoms with E-state index in [4.69, 9.17) is 14.2 Å². The zero-order valence-corrected chi connectivity index (χ0v) is 18.0. The quantitative estimate of drug-likeness (QED) is 0.675. The summed E-state index contributed by atoms with van der Waals surface area (Å²) in [5.74, 6) is 2.00. The van der Waals surface area contributed by atoms with E-state index in [0.29, 0.717) is 41.5 Å². The highest BCUT2D eigenvalue weighted by Gasteiger charge is 2.37. The summed E-state index contributed by atoms with van der Waals surface area (Å²) < 4.78 is 45.5. The molecule has 0 aliphatic carbocycles. The van der Waals surface area contributed by atoms with Gasteiger partial charge in [0.1, 0.15) is 5.75 Å². The van der Waals surface area contributed by atoms with Crippen molar-refractivity contribution in [2.45, 2.75) is 30.2 Å². The van der Waals surface area contributed by atoms with Gasteiger partial charge in [-0.3, -0.25) is 0 Å². The number of hydrogen-bond donors (Lipinski definition) is 0. The highest BCUT2D eigenvalue weighted by atomic mass is 79.9. The SMILES string of the molecule is COc1ccc(S(=O)(=O)N2CCC[C@H]2c2ccc3c(c2)OCCCO3)cc1Br. The number of methoxy groups -OCH3 is 1. The van der Waals surface area contributed by atoms with Gasteiger partial charge < -0.3 is 14.2 Å². The maximum Gasteiger partial charge on any atom is 0.243 e. The molecule has 4 rings (SSSR count). The first kappa shape index (κ1) is 19.5. The number of sulfonamides is 1. The minimum Gasteiger partial charge on any atom is -0.496 e. The average Bonchev–Trinajstić information content (AvgIpc) is 3.08. The van der Waals surface area contributed by atoms with E-state index in [1.54, 1.807) is 29.6 Å². The Morgan fingerprint density at radius 3 is 2.61 bits per heavy atom. The van der Waals surface area contributed by atoms with Gasteiger partial charge in [0.15, 0.2) is 11.5 Å². The van der Waals surface area contributed by atoms with Crippen molar-refractivity contribution in [1.82, 2.24) is 4.31 Å². The van der Waals surface area contributed by atoms with Gasteiger partial charge in [-0.25, -0.2) is 8.42 Å². The van der Waals surface area contributed by atoms with Crippen molar-refractivity contribution in [3.05, 3.63) is 46.4 Å². The predicted octanol–water partition coefficient (Wildman–Crippen LogP) is 4.14. The monoisotopic (exact) mass is 467 g/mol. The second-order valence-corrected chi connectivity index (χ2v) is 9.57. The van der Waals surface area contributed by atoms with Crippen LogP contribution in [0.2, 0.25) is 0 Å². The third-order valence-electron chi connectivity index (χ3n) is 5.09. The number of nitrogens with zero attached hydrogens (tertiary/aromatic N) is 1. The summed E-state index contributed by atoms with van der Waals surface area (Å²) in [5.41, 5.74) is 0.929. The first-order valence-electron chi connectivity index (χ1n) is 9.25. The van der Waals surface area contributed by atoms with Crippen molar-refractivity contribution in [3.63, 3.8) is 0 Å². The molecule has 0 bridgehead atoms. The molecule has 0 aromatic heterocycles. The number of halogens is 1. The van der Waals surface area contributed by atoms with Crippen LogP contribution in [-0.2, 0) is 10.0 Å². The van der Waals surface area contributed by atoms with E-state index in [0.717, 1.165) is 24.8 Å². The fourth-order valence-electron chi connectivity index (χ4n) is 3.69. The van der Waals surface area contributed by atoms with Crippen molar-refractivity contribution in [2.75, 3.05) is 26.9 Å². The Bertz CT molecular complexity index is 979. The zero-order chi connectivity index (χ0) is 19.7. The van der Waals surface area contributed by atoms with Gasteiger partial charge in [-0.1, -0.05) is 6.07 Å². The number of fused-ring (bicyclic) bond motifs is 1. The molecular formula is C20H22BrNO5S. The third-order valence-corrected chi connectivity index (χ3v) is 7.61. The lowest BCUT2D eigenvalue weighted by Gasteiger charge is -2.25. The number of ether oxygens (including phenoxy) is 3. The Morgan fingerprint density at radius 2 is 1.86 bits per heavy atom. The molecule has 2 aliphatic heterocycles. The molecule has 1 fully saturated rings. The fourth-order valence-corrected chi connectivity index (χ4v) is 6.09. The molecular weight excluding hydrogens is 446 g/mol. The molecule has 2 aliphatic rings. The molecule has 150 valence electrons. The molecule has 2 aromatic rings. The summed E-state index contributed by atoms with van der Waals surface area (Å²) in [6, 6.07) is 10.4. The summed E-state index contributed by atoms with van der Waals surface area (Å²) in [6.45, 7) is 1.72. The fraction of sp³-hybridized carbons (Fsp3) is 0.400. The topological polar surface area (TPSA) is 65.1 Å². The normalized spacial score (nSPS) is 20.0. The Labute approximate surface area is 173 Å². The lowest BCUT2D eigenvalue weighted by Crippen LogP contribution is -2.30. The molecule has 0 unspecified atom stereocenters. The molecule has 2 aromatic carbocycles. The van der Waals surface area contributed by atoms with Gasteiger partial charge in [-0.05, 0) is 64.7 Å². The average molecular weight is 468 g/mol. The molecule has 0 spiro atoms. The van der Waals surface area contributed by atoms with Crippen molar-refractivity contribution in [2.24, 2.45) is 0 Å². The molecule has 28 heavy (non-hydrogen) atoms. The molecule has 6 nitrogen and oxygen atoms in total. The van der Waals surface area contributed by atoms with Crippen LogP contribution < -0.4 is 14.2 Å². The lowest BCUT2D eigenvalue weighted by molar-refractivity contribution is 0.296. The van der Waals surface area contributed by atoms with E-state index >= 15 is 0 Å². The highest BCUT2D eigenvalue weighted by molar-refractivity contribution is 9.10. The summed E-state index contributed by atoms with van der Waals surface area (Å²) in [7, 11) is -2.09. The number of rotatable bonds is 4. The van der Waals surface area contributed by atoms with Gasteiger partial charge in [0, 0.05) is 13.0 Å². The summed E-state index contributed by atoms with van der Waals surface area (Å²) in [6.07, 6.45) is 2.42. The molecule has 1 saturated heterocycles. The number of hydrogen-bond acceptors (Lipinski definition) is 5. The Morgan fingerprint density at radius 1 is 1.07 bits per heavy atom. The van der Waals surface area contributed by atoms with Crippen LogP contribution in [0.25, 0.3) is 0 Å². The summed E-state index contributed by atoms with van der Waals surface area (Å²) in [5, 5.41) is 0. The lowest BCUT2D eigenvalue weighted by atomic mass is 10.0. The van der Waals surface area contributed by atoms with Crippen LogP contribution in [0.5, 0.6) is 17.2 Å². The third kappa shape index (κ3) is 3.60. The van der Waals surface area contributed by atoms with Crippen molar-refractivity contribution < 1.29 is 22.6 Å². The van der Waals surface area contributed by atoms with Crippen LogP contribution in [0, 0.1) is 0 Å². The van der Waals surface area contributed by atoms with Gasteiger partial charge in [0.25, 0.3) is 0 Å². The van der Waals surface area contributed by atoms with E-state index in [1.165, 1.54) is 0 Å². The Kier molecular flexibility index (Phi) is 5.53. The first-order chi connectivity index (χ1) is 13.5. The molecule has 8 heteroatoms. The second-order valence-electron chi connectivity index (χ2n) is 6.83. The van der Waals surface area contributed by atoms with Gasteiger partial charge in [-0.15, -0.1) is 0 Å². The number of benzene rings is 2. The molecule has 0 radical (unpaired) electrons. The van der Waals surface area contributed by atoms with Gasteiger partial charge in [0.2, 0.25) is 10.0 Å². The van der Waals surface area contributed by atoms with Gasteiger partial charge in [-0.2, -0.15) is 4.31 Å². The molecule has 0 amide bonds. The minimum atomic E-state index is -3.64. The molecule has 0 N–H and O–H groups in total. The summed E-state index contributed by atoms with van der Waals surface area (Å²) >= 11 is 3.38. The van der Waals surface area contributed by atoms with Crippen LogP contribution in [0.4, 0.5) is 0 Å². The van der Waals surface area contributed by atoms with Gasteiger partial charge >= 0.3 is 0 Å². The van der Waals surface area contributed by atoms with Crippen LogP contribution in [0.1, 0.15) is 30.9 Å². The van der Waals surface area contributed by atoms with Crippen molar-refractivity contribution >= 4 is 26.0 Å². The smallest absolute Gasteiger partial charge is 0.243 e. The van der Waals surface area contributed by atoms with Crippen LogP contribution in [0.3, 0.4) is 0 Å². The predicted molar refractivity (Wildman–Crippen MR) is 109 cm³/mol. The maximum atomic E-state index is 13.3. The van der Waals surface area contributed by atoms with Crippen molar-refractivity contribution in [3.8, 4) is 17.2 Å². The van der Waals surface area contributed by atoms with Crippen LogP contribution >= 0.6 is 15.9 Å². The van der Waals surface area contributed by atoms with E-state index in [-0.39, 0.29) is 10.9 Å². The van der Waals surface area contributed by atoms with Crippen LogP contribution in [-0.4, -0.2) is 39.6 Å². The minimum absolute atomic E-state index is 0.219. The van der Waals surface area contributed by atoms with Gasteiger partial charge in [0.05, 0.1) is 35.7 Å². The van der Waals surface area contributed by atoms with E-state index in [1.807, 2.05) is 18.2 Å². The van der Waals surface area contributed by atoms with E-state index in [9.17, 15) is 8.42 Å². The Balaban J connectivity index is 1.66. The second kappa shape index (κ2) is 7.93. The van der Waals surface area contributed by atoms with Crippen LogP contribution in [0.15, 0.2) is 45.8 Å².